The van der Waals surface area contributed by atoms with Crippen molar-refractivity contribution in [2.45, 2.75) is 13.5 Å². The number of hydrogen-bond donors (Lipinski definition) is 1. The number of halogens is 1. The Kier molecular flexibility index (Phi) is 5.98. The number of rotatable bonds is 5. The Hall–Kier alpha value is -1.86. The molecule has 6 nitrogen and oxygen atoms in total. The minimum Gasteiger partial charge on any atom is -0.494 e. The molecule has 7 heteroatoms. The number of nitrogens with one attached hydrogen (secondary N) is 1. The van der Waals surface area contributed by atoms with Crippen LogP contribution in [0, 0.1) is 11.2 Å². The maximum Gasteiger partial charge on any atom is 0.193 e. The van der Waals surface area contributed by atoms with Crippen LogP contribution in [0.4, 0.5) is 4.39 Å². The lowest BCUT2D eigenvalue weighted by Gasteiger charge is -2.41. The summed E-state index contributed by atoms with van der Waals surface area (Å²) < 4.78 is 24.1. The predicted octanol–water partition coefficient (Wildman–Crippen LogP) is 1.56. The Balaban J connectivity index is 1.47. The lowest BCUT2D eigenvalue weighted by molar-refractivity contribution is -0.0973. The van der Waals surface area contributed by atoms with Gasteiger partial charge in [0.25, 0.3) is 0 Å². The van der Waals surface area contributed by atoms with E-state index >= 15 is 0 Å². The van der Waals surface area contributed by atoms with Gasteiger partial charge in [0.15, 0.2) is 17.5 Å². The predicted molar refractivity (Wildman–Crippen MR) is 100 cm³/mol. The maximum absolute atomic E-state index is 13.8. The number of aliphatic imine (C=N–C) groups is 1. The van der Waals surface area contributed by atoms with E-state index in [0.29, 0.717) is 5.75 Å². The van der Waals surface area contributed by atoms with Gasteiger partial charge in [-0.15, -0.1) is 0 Å². The Morgan fingerprint density at radius 1 is 1.31 bits per heavy atom. The van der Waals surface area contributed by atoms with Crippen molar-refractivity contribution in [1.82, 2.24) is 15.1 Å². The molecule has 2 heterocycles. The van der Waals surface area contributed by atoms with Gasteiger partial charge >= 0.3 is 0 Å². The van der Waals surface area contributed by atoms with Crippen molar-refractivity contribution in [1.29, 1.82) is 0 Å². The number of piperazine rings is 1. The Morgan fingerprint density at radius 3 is 2.58 bits per heavy atom. The van der Waals surface area contributed by atoms with Crippen LogP contribution in [-0.4, -0.2) is 75.9 Å². The molecular formula is C19H29FN4O2. The van der Waals surface area contributed by atoms with Crippen LogP contribution in [0.3, 0.4) is 0 Å². The van der Waals surface area contributed by atoms with E-state index in [1.807, 2.05) is 13.1 Å². The molecule has 3 rings (SSSR count). The zero-order valence-corrected chi connectivity index (χ0v) is 15.9. The molecule has 0 spiro atoms. The van der Waals surface area contributed by atoms with Crippen LogP contribution in [-0.2, 0) is 11.3 Å². The molecule has 0 amide bonds. The van der Waals surface area contributed by atoms with E-state index in [9.17, 15) is 4.39 Å². The van der Waals surface area contributed by atoms with Crippen LogP contribution >= 0.6 is 0 Å². The highest BCUT2D eigenvalue weighted by molar-refractivity contribution is 5.80. The standard InChI is InChI=1S/C19H29FN4O2/c1-19(13-26-14-19)12-22-18(21-2)24-8-6-23(7-9-24)11-15-4-5-17(25-3)16(20)10-15/h4-5,10H,6-9,11-14H2,1-3H3,(H,21,22). The van der Waals surface area contributed by atoms with E-state index in [-0.39, 0.29) is 11.2 Å². The molecule has 2 fully saturated rings. The second-order valence-electron chi connectivity index (χ2n) is 7.44. The third-order valence-electron chi connectivity index (χ3n) is 5.08. The van der Waals surface area contributed by atoms with Crippen molar-refractivity contribution in [3.8, 4) is 5.75 Å². The molecule has 2 aliphatic rings. The Labute approximate surface area is 155 Å². The van der Waals surface area contributed by atoms with Gasteiger partial charge in [0, 0.05) is 51.7 Å². The van der Waals surface area contributed by atoms with Gasteiger partial charge < -0.3 is 19.7 Å². The van der Waals surface area contributed by atoms with E-state index in [4.69, 9.17) is 9.47 Å². The third-order valence-corrected chi connectivity index (χ3v) is 5.08. The quantitative estimate of drug-likeness (QED) is 0.635. The van der Waals surface area contributed by atoms with Gasteiger partial charge in [-0.2, -0.15) is 0 Å². The molecule has 0 saturated carbocycles. The van der Waals surface area contributed by atoms with Gasteiger partial charge in [-0.1, -0.05) is 13.0 Å². The smallest absolute Gasteiger partial charge is 0.193 e. The van der Waals surface area contributed by atoms with Crippen molar-refractivity contribution in [2.24, 2.45) is 10.4 Å². The van der Waals surface area contributed by atoms with Crippen LogP contribution in [0.25, 0.3) is 0 Å². The van der Waals surface area contributed by atoms with Gasteiger partial charge in [0.05, 0.1) is 20.3 Å². The zero-order chi connectivity index (χ0) is 18.6. The average Bonchev–Trinajstić information content (AvgIpc) is 2.62. The second kappa shape index (κ2) is 8.22. The first-order chi connectivity index (χ1) is 12.5. The van der Waals surface area contributed by atoms with E-state index in [1.165, 1.54) is 7.11 Å². The fourth-order valence-electron chi connectivity index (χ4n) is 3.36. The highest BCUT2D eigenvalue weighted by Crippen LogP contribution is 2.25. The molecule has 0 aromatic heterocycles. The van der Waals surface area contributed by atoms with Crippen molar-refractivity contribution < 1.29 is 13.9 Å². The van der Waals surface area contributed by atoms with Gasteiger partial charge in [0.1, 0.15) is 0 Å². The average molecular weight is 364 g/mol. The van der Waals surface area contributed by atoms with Gasteiger partial charge in [0.2, 0.25) is 0 Å². The fourth-order valence-corrected chi connectivity index (χ4v) is 3.36. The summed E-state index contributed by atoms with van der Waals surface area (Å²) in [5.74, 6) is 0.939. The molecule has 2 saturated heterocycles. The monoisotopic (exact) mass is 364 g/mol. The molecule has 2 aliphatic heterocycles. The molecule has 0 aliphatic carbocycles. The number of nitrogens with zero attached hydrogens (tertiary/aromatic N) is 3. The minimum absolute atomic E-state index is 0.218. The molecule has 0 atom stereocenters. The summed E-state index contributed by atoms with van der Waals surface area (Å²) in [5.41, 5.74) is 1.19. The first-order valence-electron chi connectivity index (χ1n) is 9.11. The van der Waals surface area contributed by atoms with Crippen LogP contribution in [0.15, 0.2) is 23.2 Å². The Morgan fingerprint density at radius 2 is 2.04 bits per heavy atom. The molecule has 0 bridgehead atoms. The first-order valence-corrected chi connectivity index (χ1v) is 9.11. The summed E-state index contributed by atoms with van der Waals surface area (Å²) in [6, 6.07) is 5.18. The molecule has 1 aromatic carbocycles. The van der Waals surface area contributed by atoms with Crippen LogP contribution < -0.4 is 10.1 Å². The molecule has 0 unspecified atom stereocenters. The number of hydrogen-bond acceptors (Lipinski definition) is 4. The third kappa shape index (κ3) is 4.45. The number of methoxy groups -OCH3 is 1. The number of guanidine groups is 1. The summed E-state index contributed by atoms with van der Waals surface area (Å²) in [7, 11) is 3.31. The lowest BCUT2D eigenvalue weighted by Crippen LogP contribution is -2.55. The first kappa shape index (κ1) is 18.9. The van der Waals surface area contributed by atoms with Crippen LogP contribution in [0.5, 0.6) is 5.75 Å². The summed E-state index contributed by atoms with van der Waals surface area (Å²) >= 11 is 0. The van der Waals surface area contributed by atoms with Crippen molar-refractivity contribution in [2.75, 3.05) is 60.1 Å². The molecule has 26 heavy (non-hydrogen) atoms. The molecule has 1 N–H and O–H groups in total. The van der Waals surface area contributed by atoms with Crippen molar-refractivity contribution in [3.63, 3.8) is 0 Å². The summed E-state index contributed by atoms with van der Waals surface area (Å²) in [6.45, 7) is 9.14. The molecule has 1 aromatic rings. The van der Waals surface area contributed by atoms with Crippen molar-refractivity contribution >= 4 is 5.96 Å². The Bertz CT molecular complexity index is 640. The summed E-state index contributed by atoms with van der Waals surface area (Å²) in [5, 5.41) is 3.48. The number of ether oxygens (including phenoxy) is 2. The largest absolute Gasteiger partial charge is 0.494 e. The van der Waals surface area contributed by atoms with Gasteiger partial charge in [-0.05, 0) is 17.7 Å². The maximum atomic E-state index is 13.8. The van der Waals surface area contributed by atoms with E-state index in [1.54, 1.807) is 12.1 Å². The lowest BCUT2D eigenvalue weighted by atomic mass is 9.89. The highest BCUT2D eigenvalue weighted by atomic mass is 19.1. The SMILES string of the molecule is CN=C(NCC1(C)COC1)N1CCN(Cc2ccc(OC)c(F)c2)CC1. The molecular weight excluding hydrogens is 335 g/mol. The summed E-state index contributed by atoms with van der Waals surface area (Å²) in [4.78, 5) is 9.05. The van der Waals surface area contributed by atoms with Crippen molar-refractivity contribution in [3.05, 3.63) is 29.6 Å². The zero-order valence-electron chi connectivity index (χ0n) is 15.9. The van der Waals surface area contributed by atoms with Gasteiger partial charge in [-0.25, -0.2) is 4.39 Å². The van der Waals surface area contributed by atoms with E-state index in [0.717, 1.165) is 64.0 Å². The van der Waals surface area contributed by atoms with E-state index < -0.39 is 0 Å². The topological polar surface area (TPSA) is 49.3 Å². The summed E-state index contributed by atoms with van der Waals surface area (Å²) in [6.07, 6.45) is 0. The van der Waals surface area contributed by atoms with E-state index in [2.05, 4.69) is 27.0 Å². The second-order valence-corrected chi connectivity index (χ2v) is 7.44. The molecule has 0 radical (unpaired) electrons. The fraction of sp³-hybridized carbons (Fsp3) is 0.632. The highest BCUT2D eigenvalue weighted by Gasteiger charge is 2.33. The van der Waals surface area contributed by atoms with Gasteiger partial charge in [-0.3, -0.25) is 9.89 Å². The van der Waals surface area contributed by atoms with Crippen LogP contribution in [0.2, 0.25) is 0 Å². The minimum atomic E-state index is -0.304. The molecule has 144 valence electrons. The number of benzene rings is 1. The van der Waals surface area contributed by atoms with Crippen LogP contribution in [0.1, 0.15) is 12.5 Å². The normalized spacial score (nSPS) is 20.6.